The summed E-state index contributed by atoms with van der Waals surface area (Å²) in [6.45, 7) is 5.48. The van der Waals surface area contributed by atoms with Crippen LogP contribution >= 0.6 is 0 Å². The molecule has 2 amide bonds. The fourth-order valence-electron chi connectivity index (χ4n) is 1.81. The average Bonchev–Trinajstić information content (AvgIpc) is 2.52. The summed E-state index contributed by atoms with van der Waals surface area (Å²) >= 11 is 0. The van der Waals surface area contributed by atoms with E-state index in [4.69, 9.17) is 0 Å². The zero-order valence-electron chi connectivity index (χ0n) is 12.8. The zero-order valence-corrected chi connectivity index (χ0v) is 12.8. The molecule has 0 radical (unpaired) electrons. The van der Waals surface area contributed by atoms with Crippen molar-refractivity contribution in [2.75, 3.05) is 0 Å². The number of aromatic nitrogens is 2. The largest absolute Gasteiger partial charge is 0.293 e. The highest BCUT2D eigenvalue weighted by Gasteiger charge is 2.30. The topological polar surface area (TPSA) is 75.2 Å². The van der Waals surface area contributed by atoms with Gasteiger partial charge in [0, 0.05) is 11.8 Å². The normalized spacial score (nSPS) is 10.9. The van der Waals surface area contributed by atoms with E-state index >= 15 is 0 Å². The van der Waals surface area contributed by atoms with Crippen LogP contribution in [-0.4, -0.2) is 32.6 Å². The molecule has 0 saturated heterocycles. The lowest BCUT2D eigenvalue weighted by Gasteiger charge is -2.35. The van der Waals surface area contributed by atoms with Gasteiger partial charge in [-0.3, -0.25) is 15.0 Å². The van der Waals surface area contributed by atoms with Gasteiger partial charge < -0.3 is 0 Å². The Balaban J connectivity index is 2.25. The predicted octanol–water partition coefficient (Wildman–Crippen LogP) is 2.06. The Hall–Kier alpha value is -2.76. The third-order valence-electron chi connectivity index (χ3n) is 2.91. The summed E-state index contributed by atoms with van der Waals surface area (Å²) in [6.07, 6.45) is 1.49. The molecule has 0 spiro atoms. The molecule has 6 heteroatoms. The molecule has 2 aromatic rings. The summed E-state index contributed by atoms with van der Waals surface area (Å²) in [5.74, 6) is -0.766. The lowest BCUT2D eigenvalue weighted by molar-refractivity contribution is 0.0352. The van der Waals surface area contributed by atoms with Crippen LogP contribution in [0.2, 0.25) is 0 Å². The molecule has 1 N–H and O–H groups in total. The van der Waals surface area contributed by atoms with Gasteiger partial charge in [0.25, 0.3) is 11.8 Å². The molecule has 1 aromatic heterocycles. The summed E-state index contributed by atoms with van der Waals surface area (Å²) in [6, 6.07) is 11.9. The quantitative estimate of drug-likeness (QED) is 0.861. The molecule has 1 aromatic carbocycles. The van der Waals surface area contributed by atoms with E-state index < -0.39 is 11.4 Å². The minimum atomic E-state index is -0.612. The van der Waals surface area contributed by atoms with E-state index in [1.165, 1.54) is 11.2 Å². The second-order valence-corrected chi connectivity index (χ2v) is 5.73. The molecule has 0 aliphatic heterocycles. The van der Waals surface area contributed by atoms with Crippen molar-refractivity contribution in [2.45, 2.75) is 26.3 Å². The van der Waals surface area contributed by atoms with Gasteiger partial charge in [0.15, 0.2) is 5.69 Å². The number of hydrogen-bond donors (Lipinski definition) is 1. The SMILES string of the molecule is CC(C)(C)N(NC(=O)c1ccccc1)C(=O)c1cccnn1. The van der Waals surface area contributed by atoms with Crippen LogP contribution in [0.15, 0.2) is 48.7 Å². The van der Waals surface area contributed by atoms with Gasteiger partial charge in [-0.1, -0.05) is 18.2 Å². The highest BCUT2D eigenvalue weighted by molar-refractivity contribution is 5.98. The van der Waals surface area contributed by atoms with Crippen molar-refractivity contribution in [3.63, 3.8) is 0 Å². The third kappa shape index (κ3) is 3.66. The van der Waals surface area contributed by atoms with Gasteiger partial charge in [-0.05, 0) is 45.0 Å². The van der Waals surface area contributed by atoms with E-state index in [9.17, 15) is 9.59 Å². The van der Waals surface area contributed by atoms with Crippen molar-refractivity contribution in [3.05, 3.63) is 59.9 Å². The third-order valence-corrected chi connectivity index (χ3v) is 2.91. The Morgan fingerprint density at radius 3 is 2.27 bits per heavy atom. The van der Waals surface area contributed by atoms with Gasteiger partial charge in [0.1, 0.15) is 0 Å². The van der Waals surface area contributed by atoms with Gasteiger partial charge in [-0.15, -0.1) is 5.10 Å². The molecule has 22 heavy (non-hydrogen) atoms. The highest BCUT2D eigenvalue weighted by atomic mass is 16.2. The predicted molar refractivity (Wildman–Crippen MR) is 81.9 cm³/mol. The zero-order chi connectivity index (χ0) is 16.2. The summed E-state index contributed by atoms with van der Waals surface area (Å²) in [4.78, 5) is 24.9. The highest BCUT2D eigenvalue weighted by Crippen LogP contribution is 2.14. The lowest BCUT2D eigenvalue weighted by Crippen LogP contribution is -2.56. The molecule has 6 nitrogen and oxygen atoms in total. The van der Waals surface area contributed by atoms with Gasteiger partial charge >= 0.3 is 0 Å². The molecule has 114 valence electrons. The number of hydrogen-bond acceptors (Lipinski definition) is 4. The molecule has 0 aliphatic carbocycles. The maximum Gasteiger partial charge on any atom is 0.293 e. The van der Waals surface area contributed by atoms with Crippen LogP contribution in [0.3, 0.4) is 0 Å². The van der Waals surface area contributed by atoms with Crippen LogP contribution in [0.25, 0.3) is 0 Å². The Morgan fingerprint density at radius 1 is 1.05 bits per heavy atom. The molecule has 0 bridgehead atoms. The van der Waals surface area contributed by atoms with Crippen molar-refractivity contribution in [2.24, 2.45) is 0 Å². The van der Waals surface area contributed by atoms with Crippen LogP contribution in [0, 0.1) is 0 Å². The minimum Gasteiger partial charge on any atom is -0.267 e. The number of benzene rings is 1. The van der Waals surface area contributed by atoms with Crippen LogP contribution in [-0.2, 0) is 0 Å². The number of rotatable bonds is 2. The maximum atomic E-state index is 12.6. The molecular weight excluding hydrogens is 280 g/mol. The van der Waals surface area contributed by atoms with E-state index in [1.807, 2.05) is 26.8 Å². The Kier molecular flexibility index (Phi) is 4.50. The van der Waals surface area contributed by atoms with E-state index in [-0.39, 0.29) is 11.6 Å². The van der Waals surface area contributed by atoms with Gasteiger partial charge in [0.2, 0.25) is 0 Å². The van der Waals surface area contributed by atoms with Gasteiger partial charge in [-0.2, -0.15) is 5.10 Å². The van der Waals surface area contributed by atoms with Crippen molar-refractivity contribution in [1.29, 1.82) is 0 Å². The fourth-order valence-corrected chi connectivity index (χ4v) is 1.81. The molecule has 2 rings (SSSR count). The Bertz CT molecular complexity index is 651. The van der Waals surface area contributed by atoms with Crippen molar-refractivity contribution in [3.8, 4) is 0 Å². The first-order chi connectivity index (χ1) is 10.4. The second kappa shape index (κ2) is 6.34. The van der Waals surface area contributed by atoms with Crippen LogP contribution in [0.4, 0.5) is 0 Å². The molecule has 0 atom stereocenters. The molecule has 0 aliphatic rings. The summed E-state index contributed by atoms with van der Waals surface area (Å²) < 4.78 is 0. The number of carbonyl (C=O) groups excluding carboxylic acids is 2. The number of amides is 2. The monoisotopic (exact) mass is 298 g/mol. The Labute approximate surface area is 129 Å². The van der Waals surface area contributed by atoms with Crippen LogP contribution < -0.4 is 5.43 Å². The number of hydrazine groups is 1. The van der Waals surface area contributed by atoms with Crippen LogP contribution in [0.1, 0.15) is 41.6 Å². The molecule has 0 saturated carbocycles. The lowest BCUT2D eigenvalue weighted by atomic mass is 10.1. The number of nitrogens with one attached hydrogen (secondary N) is 1. The first-order valence-electron chi connectivity index (χ1n) is 6.88. The van der Waals surface area contributed by atoms with Crippen molar-refractivity contribution < 1.29 is 9.59 Å². The fraction of sp³-hybridized carbons (Fsp3) is 0.250. The minimum absolute atomic E-state index is 0.172. The maximum absolute atomic E-state index is 12.6. The van der Waals surface area contributed by atoms with E-state index in [0.717, 1.165) is 0 Å². The summed E-state index contributed by atoms with van der Waals surface area (Å²) in [7, 11) is 0. The molecular formula is C16H18N4O2. The van der Waals surface area contributed by atoms with Gasteiger partial charge in [0.05, 0.1) is 5.54 Å². The smallest absolute Gasteiger partial charge is 0.267 e. The van der Waals surface area contributed by atoms with Crippen molar-refractivity contribution >= 4 is 11.8 Å². The first-order valence-corrected chi connectivity index (χ1v) is 6.88. The van der Waals surface area contributed by atoms with Gasteiger partial charge in [-0.25, -0.2) is 5.01 Å². The standard InChI is InChI=1S/C16H18N4O2/c1-16(2,3)20(15(22)13-10-7-11-17-18-13)19-14(21)12-8-5-4-6-9-12/h4-11H,1-3H3,(H,19,21). The summed E-state index contributed by atoms with van der Waals surface area (Å²) in [5.41, 5.74) is 2.68. The van der Waals surface area contributed by atoms with Crippen LogP contribution in [0.5, 0.6) is 0 Å². The van der Waals surface area contributed by atoms with E-state index in [2.05, 4.69) is 15.6 Å². The number of nitrogens with zero attached hydrogens (tertiary/aromatic N) is 3. The van der Waals surface area contributed by atoms with E-state index in [1.54, 1.807) is 36.4 Å². The Morgan fingerprint density at radius 2 is 1.73 bits per heavy atom. The number of carbonyl (C=O) groups is 2. The molecule has 0 unspecified atom stereocenters. The first kappa shape index (κ1) is 15.6. The van der Waals surface area contributed by atoms with Crippen molar-refractivity contribution in [1.82, 2.24) is 20.6 Å². The average molecular weight is 298 g/mol. The van der Waals surface area contributed by atoms with E-state index in [0.29, 0.717) is 5.56 Å². The molecule has 0 fully saturated rings. The second-order valence-electron chi connectivity index (χ2n) is 5.73. The summed E-state index contributed by atoms with van der Waals surface area (Å²) in [5, 5.41) is 8.77. The molecule has 1 heterocycles.